The number of nitrogen functional groups attached to an aromatic ring is 1. The molecule has 0 heterocycles. The van der Waals surface area contributed by atoms with Crippen molar-refractivity contribution < 1.29 is 0 Å². The molecular formula is C7H9N3O. The molecule has 0 saturated carbocycles. The monoisotopic (exact) mass is 151 g/mol. The lowest BCUT2D eigenvalue weighted by molar-refractivity contribution is 1.46. The number of hydrogen-bond donors (Lipinski definition) is 2. The van der Waals surface area contributed by atoms with Crippen molar-refractivity contribution in [2.24, 2.45) is 5.18 Å². The SMILES string of the molecule is CNc1ccc(N=O)cc1N. The standard InChI is InChI=1S/C7H9N3O/c1-9-7-3-2-5(10-11)4-6(7)8/h2-4,9H,8H2,1H3. The van der Waals surface area contributed by atoms with Crippen molar-refractivity contribution in [2.45, 2.75) is 0 Å². The Morgan fingerprint density at radius 3 is 2.73 bits per heavy atom. The number of anilines is 2. The summed E-state index contributed by atoms with van der Waals surface area (Å²) in [6.45, 7) is 0. The van der Waals surface area contributed by atoms with Gasteiger partial charge in [-0.25, -0.2) is 0 Å². The summed E-state index contributed by atoms with van der Waals surface area (Å²) in [5.74, 6) is 0. The van der Waals surface area contributed by atoms with E-state index in [0.717, 1.165) is 5.69 Å². The average Bonchev–Trinajstić information content (AvgIpc) is 2.04. The molecule has 4 heteroatoms. The van der Waals surface area contributed by atoms with Crippen molar-refractivity contribution in [3.63, 3.8) is 0 Å². The first-order chi connectivity index (χ1) is 5.27. The minimum absolute atomic E-state index is 0.349. The summed E-state index contributed by atoms with van der Waals surface area (Å²) < 4.78 is 0. The van der Waals surface area contributed by atoms with Crippen molar-refractivity contribution >= 4 is 17.1 Å². The van der Waals surface area contributed by atoms with Gasteiger partial charge >= 0.3 is 0 Å². The van der Waals surface area contributed by atoms with Gasteiger partial charge in [0, 0.05) is 7.05 Å². The fourth-order valence-corrected chi connectivity index (χ4v) is 0.835. The maximum Gasteiger partial charge on any atom is 0.110 e. The van der Waals surface area contributed by atoms with Crippen molar-refractivity contribution in [3.8, 4) is 0 Å². The van der Waals surface area contributed by atoms with Gasteiger partial charge in [0.25, 0.3) is 0 Å². The first-order valence-corrected chi connectivity index (χ1v) is 3.18. The van der Waals surface area contributed by atoms with E-state index in [1.807, 2.05) is 0 Å². The van der Waals surface area contributed by atoms with Gasteiger partial charge in [0.1, 0.15) is 5.69 Å². The van der Waals surface area contributed by atoms with Crippen LogP contribution in [0.3, 0.4) is 0 Å². The maximum atomic E-state index is 10.0. The summed E-state index contributed by atoms with van der Waals surface area (Å²) in [5.41, 5.74) is 7.23. The summed E-state index contributed by atoms with van der Waals surface area (Å²) >= 11 is 0. The number of benzene rings is 1. The molecule has 0 radical (unpaired) electrons. The molecule has 4 nitrogen and oxygen atoms in total. The van der Waals surface area contributed by atoms with Gasteiger partial charge in [0.15, 0.2) is 0 Å². The predicted molar refractivity (Wildman–Crippen MR) is 45.9 cm³/mol. The van der Waals surface area contributed by atoms with E-state index in [2.05, 4.69) is 10.5 Å². The highest BCUT2D eigenvalue weighted by molar-refractivity contribution is 5.70. The van der Waals surface area contributed by atoms with E-state index in [9.17, 15) is 4.91 Å². The first-order valence-electron chi connectivity index (χ1n) is 3.18. The Bertz CT molecular complexity index is 272. The molecule has 3 N–H and O–H groups in total. The minimum atomic E-state index is 0.349. The molecule has 58 valence electrons. The molecule has 0 atom stereocenters. The molecule has 0 saturated heterocycles. The Kier molecular flexibility index (Phi) is 2.06. The van der Waals surface area contributed by atoms with Crippen molar-refractivity contribution in [1.82, 2.24) is 0 Å². The normalized spacial score (nSPS) is 9.18. The largest absolute Gasteiger partial charge is 0.397 e. The second-order valence-corrected chi connectivity index (χ2v) is 2.11. The molecule has 0 aliphatic rings. The van der Waals surface area contributed by atoms with Crippen LogP contribution in [0.15, 0.2) is 23.4 Å². The van der Waals surface area contributed by atoms with Gasteiger partial charge in [-0.15, -0.1) is 4.91 Å². The minimum Gasteiger partial charge on any atom is -0.397 e. The summed E-state index contributed by atoms with van der Waals surface area (Å²) in [7, 11) is 1.76. The molecule has 0 aliphatic heterocycles. The second kappa shape index (κ2) is 3.01. The van der Waals surface area contributed by atoms with E-state index >= 15 is 0 Å². The lowest BCUT2D eigenvalue weighted by atomic mass is 10.2. The molecule has 0 fully saturated rings. The Balaban J connectivity index is 3.09. The molecular weight excluding hydrogens is 142 g/mol. The number of nitrogens with two attached hydrogens (primary N) is 1. The van der Waals surface area contributed by atoms with E-state index in [4.69, 9.17) is 5.73 Å². The van der Waals surface area contributed by atoms with Crippen LogP contribution in [0.1, 0.15) is 0 Å². The van der Waals surface area contributed by atoms with E-state index in [-0.39, 0.29) is 0 Å². The molecule has 1 aromatic rings. The zero-order chi connectivity index (χ0) is 8.27. The van der Waals surface area contributed by atoms with E-state index < -0.39 is 0 Å². The molecule has 1 rings (SSSR count). The number of rotatable bonds is 2. The Labute approximate surface area is 64.4 Å². The molecule has 11 heavy (non-hydrogen) atoms. The van der Waals surface area contributed by atoms with Crippen molar-refractivity contribution in [3.05, 3.63) is 23.1 Å². The van der Waals surface area contributed by atoms with Crippen LogP contribution >= 0.6 is 0 Å². The van der Waals surface area contributed by atoms with Crippen LogP contribution in [0.2, 0.25) is 0 Å². The average molecular weight is 151 g/mol. The number of nitrogens with zero attached hydrogens (tertiary/aromatic N) is 1. The van der Waals surface area contributed by atoms with Crippen LogP contribution in [-0.4, -0.2) is 7.05 Å². The van der Waals surface area contributed by atoms with Gasteiger partial charge in [-0.05, 0) is 23.4 Å². The maximum absolute atomic E-state index is 10.0. The van der Waals surface area contributed by atoms with Gasteiger partial charge in [0.2, 0.25) is 0 Å². The third-order valence-corrected chi connectivity index (χ3v) is 1.41. The van der Waals surface area contributed by atoms with Crippen molar-refractivity contribution in [2.75, 3.05) is 18.1 Å². The summed E-state index contributed by atoms with van der Waals surface area (Å²) in [6, 6.07) is 4.85. The first kappa shape index (κ1) is 7.53. The lowest BCUT2D eigenvalue weighted by Crippen LogP contribution is -1.94. The molecule has 0 spiro atoms. The Morgan fingerprint density at radius 2 is 2.27 bits per heavy atom. The second-order valence-electron chi connectivity index (χ2n) is 2.11. The van der Waals surface area contributed by atoms with E-state index in [1.54, 1.807) is 19.2 Å². The van der Waals surface area contributed by atoms with Gasteiger partial charge < -0.3 is 11.1 Å². The van der Waals surface area contributed by atoms with Gasteiger partial charge in [-0.3, -0.25) is 0 Å². The number of nitroso groups, excluding NO2 is 1. The smallest absolute Gasteiger partial charge is 0.110 e. The number of hydrogen-bond acceptors (Lipinski definition) is 4. The van der Waals surface area contributed by atoms with Crippen LogP contribution in [-0.2, 0) is 0 Å². The topological polar surface area (TPSA) is 67.5 Å². The third-order valence-electron chi connectivity index (χ3n) is 1.41. The van der Waals surface area contributed by atoms with Crippen molar-refractivity contribution in [1.29, 1.82) is 0 Å². The summed E-state index contributed by atoms with van der Waals surface area (Å²) in [4.78, 5) is 10.0. The van der Waals surface area contributed by atoms with Gasteiger partial charge in [-0.1, -0.05) is 0 Å². The summed E-state index contributed by atoms with van der Waals surface area (Å²) in [5, 5.41) is 5.63. The number of nitrogens with one attached hydrogen (secondary N) is 1. The van der Waals surface area contributed by atoms with E-state index in [0.29, 0.717) is 11.4 Å². The highest BCUT2D eigenvalue weighted by Crippen LogP contribution is 2.23. The lowest BCUT2D eigenvalue weighted by Gasteiger charge is -2.02. The zero-order valence-electron chi connectivity index (χ0n) is 6.16. The quantitative estimate of drug-likeness (QED) is 0.499. The molecule has 0 unspecified atom stereocenters. The molecule has 1 aromatic carbocycles. The van der Waals surface area contributed by atoms with Gasteiger partial charge in [-0.2, -0.15) is 0 Å². The fraction of sp³-hybridized carbons (Fsp3) is 0.143. The van der Waals surface area contributed by atoms with Crippen LogP contribution in [0.4, 0.5) is 17.1 Å². The molecule has 0 amide bonds. The van der Waals surface area contributed by atoms with Crippen LogP contribution in [0, 0.1) is 4.91 Å². The van der Waals surface area contributed by atoms with Crippen LogP contribution in [0.25, 0.3) is 0 Å². The predicted octanol–water partition coefficient (Wildman–Crippen LogP) is 1.71. The van der Waals surface area contributed by atoms with E-state index in [1.165, 1.54) is 6.07 Å². The summed E-state index contributed by atoms with van der Waals surface area (Å²) in [6.07, 6.45) is 0. The zero-order valence-corrected chi connectivity index (χ0v) is 6.16. The fourth-order valence-electron chi connectivity index (χ4n) is 0.835. The van der Waals surface area contributed by atoms with Crippen LogP contribution in [0.5, 0.6) is 0 Å². The highest BCUT2D eigenvalue weighted by Gasteiger charge is 1.97. The Hall–Kier alpha value is -1.58. The molecule has 0 bridgehead atoms. The van der Waals surface area contributed by atoms with Crippen LogP contribution < -0.4 is 11.1 Å². The highest BCUT2D eigenvalue weighted by atomic mass is 16.3. The van der Waals surface area contributed by atoms with Gasteiger partial charge in [0.05, 0.1) is 11.4 Å². The molecule has 0 aromatic heterocycles. The molecule has 0 aliphatic carbocycles. The Morgan fingerprint density at radius 1 is 1.55 bits per heavy atom. The third kappa shape index (κ3) is 1.46.